The fourth-order valence-corrected chi connectivity index (χ4v) is 4.54. The summed E-state index contributed by atoms with van der Waals surface area (Å²) in [5.74, 6) is -1.25. The van der Waals surface area contributed by atoms with Gasteiger partial charge in [-0.15, -0.1) is 0 Å². The number of anilines is 1. The monoisotopic (exact) mass is 530 g/mol. The average Bonchev–Trinajstić information content (AvgIpc) is 2.81. The molecule has 0 saturated heterocycles. The summed E-state index contributed by atoms with van der Waals surface area (Å²) in [5.41, 5.74) is 14.5. The Bertz CT molecular complexity index is 1470. The second-order valence-corrected chi connectivity index (χ2v) is 10.8. The minimum absolute atomic E-state index is 0.110. The third-order valence-electron chi connectivity index (χ3n) is 5.42. The number of hydrogen-bond acceptors (Lipinski definition) is 8. The van der Waals surface area contributed by atoms with E-state index in [2.05, 4.69) is 0 Å². The van der Waals surface area contributed by atoms with Crippen molar-refractivity contribution in [2.24, 2.45) is 5.73 Å². The van der Waals surface area contributed by atoms with Gasteiger partial charge in [0.15, 0.2) is 0 Å². The topological polar surface area (TPSA) is 179 Å². The number of allylic oxidation sites excluding steroid dienone is 2. The van der Waals surface area contributed by atoms with Crippen molar-refractivity contribution in [1.29, 1.82) is 0 Å². The molecule has 0 radical (unpaired) electrons. The first-order chi connectivity index (χ1) is 16.9. The van der Waals surface area contributed by atoms with Crippen LogP contribution in [-0.4, -0.2) is 31.7 Å². The van der Waals surface area contributed by atoms with E-state index < -0.39 is 26.0 Å². The van der Waals surface area contributed by atoms with Crippen LogP contribution >= 0.6 is 0 Å². The number of nitrogen functional groups attached to an aromatic ring is 1. The Hall–Kier alpha value is -3.84. The molecule has 3 aromatic carbocycles. The summed E-state index contributed by atoms with van der Waals surface area (Å²) in [6, 6.07) is 17.1. The molecule has 0 aliphatic heterocycles. The van der Waals surface area contributed by atoms with Gasteiger partial charge in [-0.05, 0) is 77.9 Å². The highest BCUT2D eigenvalue weighted by Crippen LogP contribution is 2.38. The summed E-state index contributed by atoms with van der Waals surface area (Å²) in [7, 11) is -8.81. The van der Waals surface area contributed by atoms with E-state index in [1.807, 2.05) is 12.1 Å². The summed E-state index contributed by atoms with van der Waals surface area (Å²) < 4.78 is 76.4. The highest BCUT2D eigenvalue weighted by molar-refractivity contribution is 7.86. The zero-order valence-electron chi connectivity index (χ0n) is 18.6. The lowest BCUT2D eigenvalue weighted by Gasteiger charge is -2.37. The molecule has 0 bridgehead atoms. The summed E-state index contributed by atoms with van der Waals surface area (Å²) in [5, 5.41) is 0. The molecule has 0 amide bonds. The van der Waals surface area contributed by atoms with E-state index in [1.54, 1.807) is 24.3 Å². The van der Waals surface area contributed by atoms with Gasteiger partial charge in [-0.3, -0.25) is 9.11 Å². The van der Waals surface area contributed by atoms with Crippen molar-refractivity contribution >= 4 is 31.5 Å². The molecule has 0 fully saturated rings. The summed E-state index contributed by atoms with van der Waals surface area (Å²) in [6.45, 7) is 0. The molecule has 1 aliphatic rings. The van der Waals surface area contributed by atoms with Gasteiger partial charge in [0, 0.05) is 5.69 Å². The summed E-state index contributed by atoms with van der Waals surface area (Å²) in [6.07, 6.45) is 3.52. The van der Waals surface area contributed by atoms with Crippen LogP contribution in [0, 0.1) is 0 Å². The van der Waals surface area contributed by atoms with Crippen molar-refractivity contribution in [1.82, 2.24) is 0 Å². The molecule has 0 saturated carbocycles. The second kappa shape index (κ2) is 9.32. The highest BCUT2D eigenvalue weighted by atomic mass is 32.2. The van der Waals surface area contributed by atoms with E-state index in [0.717, 1.165) is 11.1 Å². The van der Waals surface area contributed by atoms with Gasteiger partial charge in [0.1, 0.15) is 11.5 Å². The summed E-state index contributed by atoms with van der Waals surface area (Å²) in [4.78, 5) is -0.638. The molecule has 0 spiro atoms. The number of ether oxygens (including phenoxy) is 2. The number of hydrogen-bond donors (Lipinski definition) is 4. The molecule has 36 heavy (non-hydrogen) atoms. The SMILES string of the molecule is NC1=CC=C(c2ccc(N)cc2)CC1(Oc1ccc(S(=O)(=O)O)cc1)Oc1ccc(S(=O)(=O)O)cc1. The van der Waals surface area contributed by atoms with Crippen LogP contribution < -0.4 is 20.9 Å². The lowest BCUT2D eigenvalue weighted by molar-refractivity contribution is -0.0784. The van der Waals surface area contributed by atoms with E-state index >= 15 is 0 Å². The van der Waals surface area contributed by atoms with Crippen LogP contribution in [0.3, 0.4) is 0 Å². The summed E-state index contributed by atoms with van der Waals surface area (Å²) >= 11 is 0. The number of rotatable bonds is 7. The van der Waals surface area contributed by atoms with E-state index in [0.29, 0.717) is 5.69 Å². The number of benzene rings is 3. The van der Waals surface area contributed by atoms with Crippen LogP contribution in [-0.2, 0) is 20.2 Å². The van der Waals surface area contributed by atoms with Crippen molar-refractivity contribution in [2.75, 3.05) is 5.73 Å². The first-order valence-electron chi connectivity index (χ1n) is 10.4. The molecule has 188 valence electrons. The molecule has 0 unspecified atom stereocenters. The third kappa shape index (κ3) is 5.52. The average molecular weight is 531 g/mol. The Morgan fingerprint density at radius 1 is 0.667 bits per heavy atom. The normalized spacial score (nSPS) is 15.5. The van der Waals surface area contributed by atoms with Crippen LogP contribution in [0.15, 0.2) is 100 Å². The van der Waals surface area contributed by atoms with Crippen LogP contribution in [0.1, 0.15) is 12.0 Å². The van der Waals surface area contributed by atoms with E-state index in [9.17, 15) is 25.9 Å². The Kier molecular flexibility index (Phi) is 6.54. The molecule has 0 heterocycles. The zero-order valence-corrected chi connectivity index (χ0v) is 20.2. The van der Waals surface area contributed by atoms with E-state index in [-0.39, 0.29) is 33.4 Å². The molecular weight excluding hydrogens is 508 g/mol. The maximum Gasteiger partial charge on any atom is 0.296 e. The van der Waals surface area contributed by atoms with Crippen molar-refractivity contribution in [3.63, 3.8) is 0 Å². The largest absolute Gasteiger partial charge is 0.447 e. The Balaban J connectivity index is 1.73. The lowest BCUT2D eigenvalue weighted by atomic mass is 9.91. The van der Waals surface area contributed by atoms with Crippen LogP contribution in [0.25, 0.3) is 5.57 Å². The van der Waals surface area contributed by atoms with E-state index in [4.69, 9.17) is 20.9 Å². The number of nitrogens with two attached hydrogens (primary N) is 2. The molecule has 0 atom stereocenters. The first-order valence-corrected chi connectivity index (χ1v) is 13.3. The lowest BCUT2D eigenvalue weighted by Crippen LogP contribution is -2.48. The van der Waals surface area contributed by atoms with Gasteiger partial charge in [0.2, 0.25) is 0 Å². The van der Waals surface area contributed by atoms with Crippen molar-refractivity contribution in [2.45, 2.75) is 22.0 Å². The van der Waals surface area contributed by atoms with Crippen LogP contribution in [0.2, 0.25) is 0 Å². The van der Waals surface area contributed by atoms with Gasteiger partial charge in [-0.25, -0.2) is 0 Å². The highest BCUT2D eigenvalue weighted by Gasteiger charge is 2.41. The van der Waals surface area contributed by atoms with Gasteiger partial charge >= 0.3 is 0 Å². The fraction of sp³-hybridized carbons (Fsp3) is 0.0833. The maximum absolute atomic E-state index is 11.4. The zero-order chi connectivity index (χ0) is 26.1. The second-order valence-electron chi connectivity index (χ2n) is 7.96. The van der Waals surface area contributed by atoms with Gasteiger partial charge in [-0.2, -0.15) is 16.8 Å². The Morgan fingerprint density at radius 2 is 1.11 bits per heavy atom. The molecule has 10 nitrogen and oxygen atoms in total. The minimum Gasteiger partial charge on any atom is -0.447 e. The Labute approximate surface area is 208 Å². The standard InChI is InChI=1S/C24H22N2O8S2/c25-18-4-1-16(2-5-18)17-3-14-23(26)24(15-17,33-19-6-10-21(11-7-19)35(27,28)29)34-20-8-12-22(13-9-20)36(30,31)32/h1-14H,15,25-26H2,(H,27,28,29)(H,30,31,32). The maximum atomic E-state index is 11.4. The minimum atomic E-state index is -4.40. The van der Waals surface area contributed by atoms with E-state index in [1.165, 1.54) is 48.5 Å². The first kappa shape index (κ1) is 25.3. The predicted molar refractivity (Wildman–Crippen MR) is 132 cm³/mol. The molecule has 4 rings (SSSR count). The van der Waals surface area contributed by atoms with Gasteiger partial charge < -0.3 is 20.9 Å². The van der Waals surface area contributed by atoms with Crippen LogP contribution in [0.4, 0.5) is 5.69 Å². The fourth-order valence-electron chi connectivity index (χ4n) is 3.58. The van der Waals surface area contributed by atoms with Gasteiger partial charge in [0.05, 0.1) is 21.9 Å². The predicted octanol–water partition coefficient (Wildman–Crippen LogP) is 3.25. The Morgan fingerprint density at radius 3 is 1.53 bits per heavy atom. The van der Waals surface area contributed by atoms with Crippen molar-refractivity contribution in [3.8, 4) is 11.5 Å². The quantitative estimate of drug-likeness (QED) is 0.201. The molecule has 1 aliphatic carbocycles. The van der Waals surface area contributed by atoms with Crippen molar-refractivity contribution < 1.29 is 35.4 Å². The molecule has 12 heteroatoms. The molecule has 0 aromatic heterocycles. The van der Waals surface area contributed by atoms with Gasteiger partial charge in [-0.1, -0.05) is 18.2 Å². The molecule has 3 aromatic rings. The smallest absolute Gasteiger partial charge is 0.296 e. The van der Waals surface area contributed by atoms with Gasteiger partial charge in [0.25, 0.3) is 26.0 Å². The van der Waals surface area contributed by atoms with Crippen molar-refractivity contribution in [3.05, 3.63) is 96.2 Å². The molecule has 6 N–H and O–H groups in total. The third-order valence-corrected chi connectivity index (χ3v) is 7.15. The van der Waals surface area contributed by atoms with Crippen LogP contribution in [0.5, 0.6) is 11.5 Å². The molecular formula is C24H22N2O8S2.